The lowest BCUT2D eigenvalue weighted by Crippen LogP contribution is -2.65. The molecule has 2 aliphatic heterocycles. The molecular weight excluding hydrogens is 362 g/mol. The Morgan fingerprint density at radius 3 is 2.75 bits per heavy atom. The molecule has 2 N–H and O–H groups in total. The van der Waals surface area contributed by atoms with Crippen molar-refractivity contribution in [1.29, 1.82) is 0 Å². The largest absolute Gasteiger partial charge is 0.432 e. The molecule has 0 aliphatic carbocycles. The van der Waals surface area contributed by atoms with Crippen molar-refractivity contribution in [3.8, 4) is 0 Å². The average molecular weight is 389 g/mol. The number of amides is 1. The van der Waals surface area contributed by atoms with Crippen molar-refractivity contribution in [3.05, 3.63) is 29.9 Å². The van der Waals surface area contributed by atoms with E-state index in [9.17, 15) is 9.90 Å². The number of nitrogens with zero attached hydrogens (tertiary/aromatic N) is 4. The number of aryl methyl sites for hydroxylation is 1. The van der Waals surface area contributed by atoms with E-state index in [2.05, 4.69) is 20.3 Å². The second-order valence-electron chi connectivity index (χ2n) is 8.13. The van der Waals surface area contributed by atoms with Crippen LogP contribution >= 0.6 is 0 Å². The van der Waals surface area contributed by atoms with Crippen LogP contribution in [0.5, 0.6) is 0 Å². The molecule has 0 aromatic carbocycles. The first-order valence-corrected chi connectivity index (χ1v) is 9.59. The Balaban J connectivity index is 1.47. The minimum absolute atomic E-state index is 0.196. The number of aliphatic hydroxyl groups is 1. The fraction of sp³-hybridized carbons (Fsp3) is 0.632. The average Bonchev–Trinajstić information content (AvgIpc) is 3.30. The van der Waals surface area contributed by atoms with E-state index in [1.807, 2.05) is 13.8 Å². The van der Waals surface area contributed by atoms with E-state index in [-0.39, 0.29) is 18.1 Å². The second kappa shape index (κ2) is 6.89. The summed E-state index contributed by atoms with van der Waals surface area (Å²) in [5.74, 6) is -0.221. The first kappa shape index (κ1) is 18.9. The summed E-state index contributed by atoms with van der Waals surface area (Å²) in [5.41, 5.74) is 0.156. The monoisotopic (exact) mass is 389 g/mol. The van der Waals surface area contributed by atoms with Crippen LogP contribution < -0.4 is 10.2 Å². The van der Waals surface area contributed by atoms with Gasteiger partial charge >= 0.3 is 0 Å². The van der Waals surface area contributed by atoms with Gasteiger partial charge in [-0.2, -0.15) is 5.10 Å². The second-order valence-corrected chi connectivity index (χ2v) is 8.13. The third kappa shape index (κ3) is 3.29. The molecule has 2 atom stereocenters. The van der Waals surface area contributed by atoms with Gasteiger partial charge in [0.25, 0.3) is 11.9 Å². The summed E-state index contributed by atoms with van der Waals surface area (Å²) in [6.07, 6.45) is 6.10. The van der Waals surface area contributed by atoms with Crippen molar-refractivity contribution in [2.75, 3.05) is 24.6 Å². The van der Waals surface area contributed by atoms with E-state index in [4.69, 9.17) is 9.15 Å². The van der Waals surface area contributed by atoms with Crippen molar-refractivity contribution in [1.82, 2.24) is 20.1 Å². The van der Waals surface area contributed by atoms with Gasteiger partial charge in [0.2, 0.25) is 0 Å². The number of carbonyl (C=O) groups is 1. The Kier molecular flexibility index (Phi) is 4.67. The Hall–Kier alpha value is -2.39. The topological polar surface area (TPSA) is 106 Å². The van der Waals surface area contributed by atoms with Gasteiger partial charge < -0.3 is 24.5 Å². The molecule has 2 fully saturated rings. The van der Waals surface area contributed by atoms with Crippen LogP contribution in [0, 0.1) is 6.92 Å². The number of piperidine rings is 1. The van der Waals surface area contributed by atoms with Crippen LogP contribution in [0.4, 0.5) is 6.01 Å². The molecule has 28 heavy (non-hydrogen) atoms. The number of anilines is 1. The van der Waals surface area contributed by atoms with Crippen molar-refractivity contribution in [3.63, 3.8) is 0 Å². The fourth-order valence-corrected chi connectivity index (χ4v) is 4.25. The summed E-state index contributed by atoms with van der Waals surface area (Å²) in [7, 11) is 1.80. The molecule has 2 aromatic rings. The molecule has 1 amide bonds. The molecule has 0 saturated carbocycles. The van der Waals surface area contributed by atoms with Gasteiger partial charge in [0.05, 0.1) is 35.7 Å². The smallest absolute Gasteiger partial charge is 0.297 e. The number of hydrogen-bond donors (Lipinski definition) is 2. The van der Waals surface area contributed by atoms with Crippen LogP contribution in [0.3, 0.4) is 0 Å². The van der Waals surface area contributed by atoms with Gasteiger partial charge in [-0.05, 0) is 26.7 Å². The summed E-state index contributed by atoms with van der Waals surface area (Å²) in [6.45, 7) is 5.45. The first-order chi connectivity index (χ1) is 13.3. The molecule has 2 saturated heterocycles. The number of ether oxygens (including phenoxy) is 1. The zero-order chi connectivity index (χ0) is 19.9. The normalized spacial score (nSPS) is 27.1. The summed E-state index contributed by atoms with van der Waals surface area (Å²) >= 11 is 0. The van der Waals surface area contributed by atoms with Gasteiger partial charge in [-0.15, -0.1) is 0 Å². The van der Waals surface area contributed by atoms with E-state index < -0.39 is 11.6 Å². The Bertz CT molecular complexity index is 841. The van der Waals surface area contributed by atoms with Gasteiger partial charge in [0, 0.05) is 32.3 Å². The summed E-state index contributed by atoms with van der Waals surface area (Å²) in [5, 5.41) is 17.8. The third-order valence-corrected chi connectivity index (χ3v) is 6.22. The molecule has 152 valence electrons. The lowest BCUT2D eigenvalue weighted by Gasteiger charge is -2.51. The van der Waals surface area contributed by atoms with Crippen molar-refractivity contribution >= 4 is 11.9 Å². The SMILES string of the molecule is Cc1c(C(=O)N[C@]2(C)CC3(CCN(c4ncco4)CC3)OC[C@H]2O)cnn1C. The number of aromatic nitrogens is 3. The van der Waals surface area contributed by atoms with E-state index in [1.165, 1.54) is 0 Å². The van der Waals surface area contributed by atoms with E-state index in [0.717, 1.165) is 31.6 Å². The predicted molar refractivity (Wildman–Crippen MR) is 101 cm³/mol. The fourth-order valence-electron chi connectivity index (χ4n) is 4.25. The molecule has 9 heteroatoms. The maximum atomic E-state index is 12.8. The quantitative estimate of drug-likeness (QED) is 0.807. The Labute approximate surface area is 163 Å². The molecule has 2 aromatic heterocycles. The number of hydrogen-bond acceptors (Lipinski definition) is 7. The highest BCUT2D eigenvalue weighted by atomic mass is 16.5. The van der Waals surface area contributed by atoms with Crippen LogP contribution in [-0.2, 0) is 11.8 Å². The van der Waals surface area contributed by atoms with Gasteiger partial charge in [-0.1, -0.05) is 0 Å². The molecule has 9 nitrogen and oxygen atoms in total. The summed E-state index contributed by atoms with van der Waals surface area (Å²) in [6, 6.07) is 0.619. The number of carbonyl (C=O) groups excluding carboxylic acids is 1. The number of aliphatic hydroxyl groups excluding tert-OH is 1. The maximum Gasteiger partial charge on any atom is 0.297 e. The number of rotatable bonds is 3. The van der Waals surface area contributed by atoms with Gasteiger partial charge in [0.1, 0.15) is 12.4 Å². The van der Waals surface area contributed by atoms with Crippen LogP contribution in [0.2, 0.25) is 0 Å². The maximum absolute atomic E-state index is 12.8. The summed E-state index contributed by atoms with van der Waals surface area (Å²) in [4.78, 5) is 19.1. The van der Waals surface area contributed by atoms with Gasteiger partial charge in [0.15, 0.2) is 0 Å². The molecule has 4 rings (SSSR count). The van der Waals surface area contributed by atoms with Crippen LogP contribution in [0.25, 0.3) is 0 Å². The van der Waals surface area contributed by atoms with Crippen molar-refractivity contribution < 1.29 is 19.1 Å². The van der Waals surface area contributed by atoms with E-state index >= 15 is 0 Å². The minimum atomic E-state index is -0.775. The van der Waals surface area contributed by atoms with Crippen LogP contribution in [0.1, 0.15) is 42.2 Å². The summed E-state index contributed by atoms with van der Waals surface area (Å²) < 4.78 is 13.2. The van der Waals surface area contributed by atoms with Crippen LogP contribution in [0.15, 0.2) is 23.1 Å². The zero-order valence-corrected chi connectivity index (χ0v) is 16.5. The molecule has 0 radical (unpaired) electrons. The Morgan fingerprint density at radius 1 is 1.39 bits per heavy atom. The minimum Gasteiger partial charge on any atom is -0.432 e. The molecular formula is C19H27N5O4. The molecule has 4 heterocycles. The van der Waals surface area contributed by atoms with Gasteiger partial charge in [-0.3, -0.25) is 9.48 Å². The lowest BCUT2D eigenvalue weighted by molar-refractivity contribution is -0.167. The Morgan fingerprint density at radius 2 is 2.14 bits per heavy atom. The van der Waals surface area contributed by atoms with E-state index in [1.54, 1.807) is 30.4 Å². The van der Waals surface area contributed by atoms with Gasteiger partial charge in [-0.25, -0.2) is 4.98 Å². The first-order valence-electron chi connectivity index (χ1n) is 9.59. The highest BCUT2D eigenvalue weighted by Gasteiger charge is 2.50. The standard InChI is InChI=1S/C19H27N5O4/c1-13-14(10-21-23(13)3)16(26)22-18(2)12-19(28-11-15(18)25)4-7-24(8-5-19)17-20-6-9-27-17/h6,9-10,15,25H,4-5,7-8,11-12H2,1-3H3,(H,22,26)/t15-,18-/m1/s1. The number of oxazole rings is 1. The zero-order valence-electron chi connectivity index (χ0n) is 16.5. The van der Waals surface area contributed by atoms with E-state index in [0.29, 0.717) is 18.0 Å². The molecule has 0 unspecified atom stereocenters. The predicted octanol–water partition coefficient (Wildman–Crippen LogP) is 1.03. The lowest BCUT2D eigenvalue weighted by atomic mass is 9.74. The van der Waals surface area contributed by atoms with Crippen LogP contribution in [-0.4, -0.2) is 62.7 Å². The molecule has 2 aliphatic rings. The van der Waals surface area contributed by atoms with Crippen molar-refractivity contribution in [2.45, 2.75) is 50.4 Å². The highest BCUT2D eigenvalue weighted by molar-refractivity contribution is 5.95. The van der Waals surface area contributed by atoms with Crippen molar-refractivity contribution in [2.24, 2.45) is 7.05 Å². The molecule has 1 spiro atoms. The third-order valence-electron chi connectivity index (χ3n) is 6.22. The highest BCUT2D eigenvalue weighted by Crippen LogP contribution is 2.40. The number of nitrogens with one attached hydrogen (secondary N) is 1. The molecule has 0 bridgehead atoms.